The first-order valence-corrected chi connectivity index (χ1v) is 6.22. The molecule has 0 amide bonds. The summed E-state index contributed by atoms with van der Waals surface area (Å²) in [5.41, 5.74) is 0. The van der Waals surface area contributed by atoms with Gasteiger partial charge in [-0.15, -0.1) is 0 Å². The van der Waals surface area contributed by atoms with Gasteiger partial charge in [0, 0.05) is 12.6 Å². The van der Waals surface area contributed by atoms with E-state index in [1.807, 2.05) is 0 Å². The lowest BCUT2D eigenvalue weighted by Gasteiger charge is -2.30. The molecule has 3 unspecified atom stereocenters. The first kappa shape index (κ1) is 10.4. The van der Waals surface area contributed by atoms with Crippen molar-refractivity contribution in [1.29, 1.82) is 0 Å². The van der Waals surface area contributed by atoms with E-state index in [2.05, 4.69) is 24.1 Å². The van der Waals surface area contributed by atoms with E-state index in [4.69, 9.17) is 0 Å². The van der Waals surface area contributed by atoms with Gasteiger partial charge in [-0.2, -0.15) is 0 Å². The smallest absolute Gasteiger partial charge is 0.00931 e. The molecule has 2 aliphatic rings. The summed E-state index contributed by atoms with van der Waals surface area (Å²) in [6.07, 6.45) is 4.22. The summed E-state index contributed by atoms with van der Waals surface area (Å²) < 4.78 is 0. The lowest BCUT2D eigenvalue weighted by Crippen LogP contribution is -2.40. The molecule has 82 valence electrons. The first-order valence-electron chi connectivity index (χ1n) is 6.22. The Hall–Kier alpha value is -0.0800. The van der Waals surface area contributed by atoms with Crippen molar-refractivity contribution < 1.29 is 0 Å². The van der Waals surface area contributed by atoms with Gasteiger partial charge in [0.15, 0.2) is 0 Å². The molecule has 0 bridgehead atoms. The molecule has 2 aliphatic heterocycles. The highest BCUT2D eigenvalue weighted by Gasteiger charge is 2.29. The predicted octanol–water partition coefficient (Wildman–Crippen LogP) is 1.72. The topological polar surface area (TPSA) is 15.3 Å². The summed E-state index contributed by atoms with van der Waals surface area (Å²) in [5.74, 6) is 1.82. The van der Waals surface area contributed by atoms with Crippen LogP contribution >= 0.6 is 0 Å². The van der Waals surface area contributed by atoms with Gasteiger partial charge >= 0.3 is 0 Å². The average molecular weight is 196 g/mol. The van der Waals surface area contributed by atoms with Crippen molar-refractivity contribution in [3.8, 4) is 0 Å². The molecule has 0 aliphatic carbocycles. The molecule has 2 fully saturated rings. The summed E-state index contributed by atoms with van der Waals surface area (Å²) >= 11 is 0. The second-order valence-electron chi connectivity index (χ2n) is 5.21. The Kier molecular flexibility index (Phi) is 3.45. The van der Waals surface area contributed by atoms with Crippen LogP contribution in [0.2, 0.25) is 0 Å². The van der Waals surface area contributed by atoms with E-state index in [0.29, 0.717) is 0 Å². The van der Waals surface area contributed by atoms with Crippen LogP contribution in [0.15, 0.2) is 0 Å². The van der Waals surface area contributed by atoms with Crippen LogP contribution in [-0.4, -0.2) is 37.1 Å². The van der Waals surface area contributed by atoms with Crippen LogP contribution in [0.4, 0.5) is 0 Å². The van der Waals surface area contributed by atoms with Gasteiger partial charge in [-0.25, -0.2) is 0 Å². The Morgan fingerprint density at radius 2 is 2.14 bits per heavy atom. The van der Waals surface area contributed by atoms with Crippen LogP contribution in [0.5, 0.6) is 0 Å². The van der Waals surface area contributed by atoms with E-state index in [-0.39, 0.29) is 0 Å². The third kappa shape index (κ3) is 2.29. The Balaban J connectivity index is 1.79. The molecule has 0 aromatic carbocycles. The van der Waals surface area contributed by atoms with Crippen molar-refractivity contribution in [2.24, 2.45) is 11.8 Å². The Morgan fingerprint density at radius 1 is 1.29 bits per heavy atom. The van der Waals surface area contributed by atoms with Crippen LogP contribution in [0.3, 0.4) is 0 Å². The lowest BCUT2D eigenvalue weighted by molar-refractivity contribution is 0.191. The molecule has 2 nitrogen and oxygen atoms in total. The number of likely N-dealkylation sites (tertiary alicyclic amines) is 1. The highest BCUT2D eigenvalue weighted by atomic mass is 15.2. The predicted molar refractivity (Wildman–Crippen MR) is 60.4 cm³/mol. The monoisotopic (exact) mass is 196 g/mol. The van der Waals surface area contributed by atoms with Crippen LogP contribution in [0.25, 0.3) is 0 Å². The molecule has 14 heavy (non-hydrogen) atoms. The van der Waals surface area contributed by atoms with Gasteiger partial charge < -0.3 is 10.2 Å². The summed E-state index contributed by atoms with van der Waals surface area (Å²) in [6, 6.07) is 0.817. The van der Waals surface area contributed by atoms with E-state index in [0.717, 1.165) is 17.9 Å². The van der Waals surface area contributed by atoms with Crippen LogP contribution in [-0.2, 0) is 0 Å². The second-order valence-corrected chi connectivity index (χ2v) is 5.21. The second kappa shape index (κ2) is 4.63. The van der Waals surface area contributed by atoms with E-state index in [9.17, 15) is 0 Å². The van der Waals surface area contributed by atoms with E-state index in [1.54, 1.807) is 0 Å². The maximum atomic E-state index is 3.51. The summed E-state index contributed by atoms with van der Waals surface area (Å²) in [5, 5.41) is 3.51. The molecular weight excluding hydrogens is 172 g/mol. The third-order valence-corrected chi connectivity index (χ3v) is 4.16. The number of nitrogens with zero attached hydrogens (tertiary/aromatic N) is 1. The van der Waals surface area contributed by atoms with Crippen molar-refractivity contribution in [2.45, 2.75) is 39.2 Å². The van der Waals surface area contributed by atoms with Gasteiger partial charge in [0.2, 0.25) is 0 Å². The van der Waals surface area contributed by atoms with Gasteiger partial charge in [0.25, 0.3) is 0 Å². The van der Waals surface area contributed by atoms with E-state index >= 15 is 0 Å². The van der Waals surface area contributed by atoms with Crippen LogP contribution in [0.1, 0.15) is 33.1 Å². The van der Waals surface area contributed by atoms with Gasteiger partial charge in [-0.05, 0) is 57.7 Å². The van der Waals surface area contributed by atoms with Gasteiger partial charge in [0.1, 0.15) is 0 Å². The van der Waals surface area contributed by atoms with E-state index < -0.39 is 0 Å². The maximum Gasteiger partial charge on any atom is 0.00931 e. The molecule has 2 heterocycles. The Bertz CT molecular complexity index is 175. The van der Waals surface area contributed by atoms with Crippen LogP contribution < -0.4 is 5.32 Å². The summed E-state index contributed by atoms with van der Waals surface area (Å²) in [7, 11) is 0. The number of hydrogen-bond acceptors (Lipinski definition) is 2. The highest BCUT2D eigenvalue weighted by Crippen LogP contribution is 2.25. The minimum atomic E-state index is 0.817. The van der Waals surface area contributed by atoms with Gasteiger partial charge in [0.05, 0.1) is 0 Å². The molecule has 1 N–H and O–H groups in total. The molecule has 0 aromatic rings. The lowest BCUT2D eigenvalue weighted by atomic mass is 9.98. The fraction of sp³-hybridized carbons (Fsp3) is 1.00. The van der Waals surface area contributed by atoms with E-state index in [1.165, 1.54) is 45.4 Å². The molecule has 0 radical (unpaired) electrons. The number of piperidine rings is 1. The summed E-state index contributed by atoms with van der Waals surface area (Å²) in [4.78, 5) is 2.70. The number of nitrogens with one attached hydrogen (secondary N) is 1. The zero-order chi connectivity index (χ0) is 9.97. The highest BCUT2D eigenvalue weighted by molar-refractivity contribution is 4.83. The van der Waals surface area contributed by atoms with Gasteiger partial charge in [-0.1, -0.05) is 6.92 Å². The molecule has 0 saturated carbocycles. The Morgan fingerprint density at radius 3 is 2.71 bits per heavy atom. The third-order valence-electron chi connectivity index (χ3n) is 4.16. The Labute approximate surface area is 88.1 Å². The molecule has 0 aromatic heterocycles. The first-order chi connectivity index (χ1) is 6.77. The molecule has 2 heteroatoms. The normalized spacial score (nSPS) is 40.3. The van der Waals surface area contributed by atoms with Crippen LogP contribution in [0, 0.1) is 11.8 Å². The van der Waals surface area contributed by atoms with Crippen molar-refractivity contribution in [2.75, 3.05) is 26.2 Å². The van der Waals surface area contributed by atoms with Gasteiger partial charge in [-0.3, -0.25) is 0 Å². The maximum absolute atomic E-state index is 3.51. The summed E-state index contributed by atoms with van der Waals surface area (Å²) in [6.45, 7) is 9.94. The quantitative estimate of drug-likeness (QED) is 0.723. The van der Waals surface area contributed by atoms with Crippen molar-refractivity contribution in [3.63, 3.8) is 0 Å². The molecule has 2 saturated heterocycles. The minimum Gasteiger partial charge on any atom is -0.316 e. The minimum absolute atomic E-state index is 0.817. The van der Waals surface area contributed by atoms with Crippen molar-refractivity contribution >= 4 is 0 Å². The zero-order valence-corrected chi connectivity index (χ0v) is 9.63. The largest absolute Gasteiger partial charge is 0.316 e. The SMILES string of the molecule is CC1CCN(CC2CCCNC2)C1C. The average Bonchev–Trinajstić information content (AvgIpc) is 2.52. The number of hydrogen-bond donors (Lipinski definition) is 1. The molecular formula is C12H24N2. The molecule has 3 atom stereocenters. The standard InChI is InChI=1S/C12H24N2/c1-10-5-7-14(11(10)2)9-12-4-3-6-13-8-12/h10-13H,3-9H2,1-2H3. The molecule has 2 rings (SSSR count). The fourth-order valence-electron chi connectivity index (χ4n) is 2.84. The van der Waals surface area contributed by atoms with Crippen molar-refractivity contribution in [3.05, 3.63) is 0 Å². The number of rotatable bonds is 2. The fourth-order valence-corrected chi connectivity index (χ4v) is 2.84. The zero-order valence-electron chi connectivity index (χ0n) is 9.63. The van der Waals surface area contributed by atoms with Crippen molar-refractivity contribution in [1.82, 2.24) is 10.2 Å². The molecule has 0 spiro atoms.